The van der Waals surface area contributed by atoms with Crippen molar-refractivity contribution in [3.63, 3.8) is 0 Å². The molecule has 0 spiro atoms. The molecule has 3 nitrogen and oxygen atoms in total. The minimum absolute atomic E-state index is 0.187. The second-order valence-corrected chi connectivity index (χ2v) is 5.37. The number of aryl methyl sites for hydroxylation is 1. The second-order valence-electron chi connectivity index (χ2n) is 3.76. The number of hydrogen-bond acceptors (Lipinski definition) is 3. The van der Waals surface area contributed by atoms with Gasteiger partial charge in [0.1, 0.15) is 0 Å². The number of hydrogen-bond donors (Lipinski definition) is 0. The van der Waals surface area contributed by atoms with Crippen LogP contribution in [-0.2, 0) is 14.3 Å². The number of rotatable bonds is 6. The van der Waals surface area contributed by atoms with Crippen LogP contribution in [0, 0.1) is 6.92 Å². The van der Waals surface area contributed by atoms with E-state index in [0.717, 1.165) is 12.0 Å². The van der Waals surface area contributed by atoms with E-state index in [1.165, 1.54) is 0 Å². The lowest BCUT2D eigenvalue weighted by molar-refractivity contribution is 0.324. The van der Waals surface area contributed by atoms with Crippen molar-refractivity contribution in [2.75, 3.05) is 6.61 Å². The molecule has 0 aliphatic rings. The Morgan fingerprint density at radius 2 is 1.82 bits per heavy atom. The van der Waals surface area contributed by atoms with Crippen molar-refractivity contribution in [1.29, 1.82) is 0 Å². The van der Waals surface area contributed by atoms with Gasteiger partial charge in [0.05, 0.1) is 11.5 Å². The summed E-state index contributed by atoms with van der Waals surface area (Å²) in [5.74, 6) is 0. The lowest BCUT2D eigenvalue weighted by atomic mass is 10.2. The Bertz CT molecular complexity index is 458. The highest BCUT2D eigenvalue weighted by molar-refractivity contribution is 7.86. The summed E-state index contributed by atoms with van der Waals surface area (Å²) in [6, 6.07) is 6.64. The second kappa shape index (κ2) is 6.57. The average Bonchev–Trinajstić information content (AvgIpc) is 2.29. The SMILES string of the molecule is CCC=CCCOS(=O)(=O)c1ccc(C)cc1. The van der Waals surface area contributed by atoms with Crippen molar-refractivity contribution in [1.82, 2.24) is 0 Å². The Hall–Kier alpha value is -1.13. The van der Waals surface area contributed by atoms with E-state index in [-0.39, 0.29) is 11.5 Å². The van der Waals surface area contributed by atoms with Gasteiger partial charge in [-0.2, -0.15) is 8.42 Å². The maximum Gasteiger partial charge on any atom is 0.296 e. The molecule has 0 amide bonds. The van der Waals surface area contributed by atoms with Crippen molar-refractivity contribution in [3.8, 4) is 0 Å². The molecule has 0 radical (unpaired) electrons. The van der Waals surface area contributed by atoms with E-state index in [4.69, 9.17) is 4.18 Å². The van der Waals surface area contributed by atoms with Gasteiger partial charge in [-0.05, 0) is 31.9 Å². The zero-order valence-corrected chi connectivity index (χ0v) is 11.0. The summed E-state index contributed by atoms with van der Waals surface area (Å²) in [6.45, 7) is 4.12. The zero-order valence-electron chi connectivity index (χ0n) is 10.2. The quantitative estimate of drug-likeness (QED) is 0.445. The summed E-state index contributed by atoms with van der Waals surface area (Å²) in [5, 5.41) is 0. The van der Waals surface area contributed by atoms with E-state index in [1.54, 1.807) is 24.3 Å². The Morgan fingerprint density at radius 3 is 2.41 bits per heavy atom. The summed E-state index contributed by atoms with van der Waals surface area (Å²) in [6.07, 6.45) is 5.47. The van der Waals surface area contributed by atoms with Gasteiger partial charge in [0.15, 0.2) is 0 Å². The zero-order chi connectivity index (χ0) is 12.7. The Morgan fingerprint density at radius 1 is 1.18 bits per heavy atom. The summed E-state index contributed by atoms with van der Waals surface area (Å²) in [5.41, 5.74) is 1.02. The molecular weight excluding hydrogens is 236 g/mol. The number of allylic oxidation sites excluding steroid dienone is 1. The Kier molecular flexibility index (Phi) is 5.38. The van der Waals surface area contributed by atoms with E-state index in [0.29, 0.717) is 6.42 Å². The van der Waals surface area contributed by atoms with Crippen molar-refractivity contribution in [2.45, 2.75) is 31.6 Å². The largest absolute Gasteiger partial charge is 0.296 e. The highest BCUT2D eigenvalue weighted by Crippen LogP contribution is 2.13. The van der Waals surface area contributed by atoms with Crippen LogP contribution in [0.4, 0.5) is 0 Å². The highest BCUT2D eigenvalue weighted by Gasteiger charge is 2.13. The average molecular weight is 254 g/mol. The highest BCUT2D eigenvalue weighted by atomic mass is 32.2. The molecule has 0 aliphatic carbocycles. The first kappa shape index (κ1) is 13.9. The molecule has 94 valence electrons. The first-order valence-electron chi connectivity index (χ1n) is 5.67. The predicted octanol–water partition coefficient (Wildman–Crippen LogP) is 3.06. The number of benzene rings is 1. The van der Waals surface area contributed by atoms with E-state index < -0.39 is 10.1 Å². The molecule has 1 aromatic rings. The Labute approximate surface area is 103 Å². The van der Waals surface area contributed by atoms with Crippen LogP contribution >= 0.6 is 0 Å². The van der Waals surface area contributed by atoms with Crippen LogP contribution in [0.1, 0.15) is 25.3 Å². The fourth-order valence-corrected chi connectivity index (χ4v) is 2.20. The Balaban J connectivity index is 2.57. The van der Waals surface area contributed by atoms with E-state index in [1.807, 2.05) is 26.0 Å². The topological polar surface area (TPSA) is 43.4 Å². The van der Waals surface area contributed by atoms with Gasteiger partial charge < -0.3 is 0 Å². The maximum absolute atomic E-state index is 11.7. The van der Waals surface area contributed by atoms with Crippen molar-refractivity contribution in [2.24, 2.45) is 0 Å². The van der Waals surface area contributed by atoms with Gasteiger partial charge in [-0.3, -0.25) is 4.18 Å². The predicted molar refractivity (Wildman–Crippen MR) is 68.4 cm³/mol. The minimum Gasteiger partial charge on any atom is -0.266 e. The van der Waals surface area contributed by atoms with E-state index >= 15 is 0 Å². The molecule has 17 heavy (non-hydrogen) atoms. The van der Waals surface area contributed by atoms with Crippen LogP contribution in [0.3, 0.4) is 0 Å². The lowest BCUT2D eigenvalue weighted by Gasteiger charge is -2.04. The third-order valence-corrected chi connectivity index (χ3v) is 3.56. The lowest BCUT2D eigenvalue weighted by Crippen LogP contribution is -2.07. The smallest absolute Gasteiger partial charge is 0.266 e. The third kappa shape index (κ3) is 4.71. The molecule has 0 aliphatic heterocycles. The fraction of sp³-hybridized carbons (Fsp3) is 0.385. The first-order chi connectivity index (χ1) is 8.06. The first-order valence-corrected chi connectivity index (χ1v) is 7.08. The van der Waals surface area contributed by atoms with Crippen molar-refractivity contribution in [3.05, 3.63) is 42.0 Å². The molecule has 1 rings (SSSR count). The summed E-state index contributed by atoms with van der Waals surface area (Å²) < 4.78 is 28.4. The van der Waals surface area contributed by atoms with E-state index in [9.17, 15) is 8.42 Å². The van der Waals surface area contributed by atoms with Crippen LogP contribution < -0.4 is 0 Å². The summed E-state index contributed by atoms with van der Waals surface area (Å²) in [4.78, 5) is 0.211. The normalized spacial score (nSPS) is 12.1. The molecule has 0 aromatic heterocycles. The van der Waals surface area contributed by atoms with Gasteiger partial charge in [-0.15, -0.1) is 0 Å². The third-order valence-electron chi connectivity index (χ3n) is 2.24. The molecule has 0 bridgehead atoms. The van der Waals surface area contributed by atoms with Gasteiger partial charge in [-0.1, -0.05) is 36.8 Å². The summed E-state index contributed by atoms with van der Waals surface area (Å²) in [7, 11) is -3.60. The van der Waals surface area contributed by atoms with Crippen LogP contribution in [0.15, 0.2) is 41.3 Å². The molecule has 0 unspecified atom stereocenters. The van der Waals surface area contributed by atoms with Crippen LogP contribution in [-0.4, -0.2) is 15.0 Å². The van der Waals surface area contributed by atoms with Crippen molar-refractivity contribution >= 4 is 10.1 Å². The molecule has 0 fully saturated rings. The maximum atomic E-state index is 11.7. The molecule has 1 aromatic carbocycles. The van der Waals surface area contributed by atoms with Crippen LogP contribution in [0.2, 0.25) is 0 Å². The van der Waals surface area contributed by atoms with Crippen LogP contribution in [0.5, 0.6) is 0 Å². The fourth-order valence-electron chi connectivity index (χ4n) is 1.28. The summed E-state index contributed by atoms with van der Waals surface area (Å²) >= 11 is 0. The van der Waals surface area contributed by atoms with Gasteiger partial charge >= 0.3 is 0 Å². The molecule has 0 saturated carbocycles. The van der Waals surface area contributed by atoms with Crippen LogP contribution in [0.25, 0.3) is 0 Å². The van der Waals surface area contributed by atoms with Gasteiger partial charge in [0, 0.05) is 0 Å². The molecular formula is C13H18O3S. The van der Waals surface area contributed by atoms with Gasteiger partial charge in [-0.25, -0.2) is 0 Å². The molecule has 0 N–H and O–H groups in total. The molecule has 0 atom stereocenters. The monoisotopic (exact) mass is 254 g/mol. The van der Waals surface area contributed by atoms with Gasteiger partial charge in [0.2, 0.25) is 0 Å². The molecule has 4 heteroatoms. The minimum atomic E-state index is -3.60. The van der Waals surface area contributed by atoms with E-state index in [2.05, 4.69) is 0 Å². The van der Waals surface area contributed by atoms with Gasteiger partial charge in [0.25, 0.3) is 10.1 Å². The molecule has 0 saturated heterocycles. The molecule has 0 heterocycles. The van der Waals surface area contributed by atoms with Crippen molar-refractivity contribution < 1.29 is 12.6 Å². The standard InChI is InChI=1S/C13H18O3S/c1-3-4-5-6-11-16-17(14,15)13-9-7-12(2)8-10-13/h4-5,7-10H,3,6,11H2,1-2H3.